The van der Waals surface area contributed by atoms with E-state index in [1.807, 2.05) is 6.07 Å². The van der Waals surface area contributed by atoms with Gasteiger partial charge in [0.2, 0.25) is 0 Å². The van der Waals surface area contributed by atoms with E-state index in [9.17, 15) is 0 Å². The van der Waals surface area contributed by atoms with Crippen molar-refractivity contribution in [1.29, 1.82) is 0 Å². The van der Waals surface area contributed by atoms with Crippen molar-refractivity contribution in [2.75, 3.05) is 26.3 Å². The topological polar surface area (TPSA) is 56.5 Å². The number of benzene rings is 1. The van der Waals surface area contributed by atoms with Crippen molar-refractivity contribution in [1.82, 2.24) is 5.32 Å². The Bertz CT molecular complexity index is 407. The molecule has 0 spiro atoms. The smallest absolute Gasteiger partial charge is 0.161 e. The number of hydrogen-bond donors (Lipinski definition) is 2. The van der Waals surface area contributed by atoms with E-state index in [0.29, 0.717) is 31.7 Å². The number of nitrogens with one attached hydrogen (secondary N) is 1. The molecule has 1 aliphatic heterocycles. The van der Waals surface area contributed by atoms with Gasteiger partial charge in [0.25, 0.3) is 0 Å². The van der Waals surface area contributed by atoms with E-state index in [2.05, 4.69) is 31.3 Å². The minimum atomic E-state index is 0.386. The Kier molecular flexibility index (Phi) is 5.05. The van der Waals surface area contributed by atoms with E-state index in [0.717, 1.165) is 24.5 Å². The van der Waals surface area contributed by atoms with Crippen LogP contribution in [0.1, 0.15) is 19.4 Å². The number of nitrogens with two attached hydrogens (primary N) is 1. The van der Waals surface area contributed by atoms with Crippen LogP contribution in [0.25, 0.3) is 0 Å². The first-order chi connectivity index (χ1) is 9.20. The van der Waals surface area contributed by atoms with Crippen LogP contribution in [0.2, 0.25) is 0 Å². The zero-order chi connectivity index (χ0) is 13.7. The Morgan fingerprint density at radius 3 is 2.63 bits per heavy atom. The molecule has 3 N–H and O–H groups in total. The minimum absolute atomic E-state index is 0.386. The molecule has 1 aromatic rings. The first kappa shape index (κ1) is 14.2. The maximum atomic E-state index is 5.75. The molecule has 0 saturated carbocycles. The van der Waals surface area contributed by atoms with Crippen molar-refractivity contribution < 1.29 is 9.47 Å². The molecule has 0 amide bonds. The molecule has 0 bridgehead atoms. The third kappa shape index (κ3) is 3.85. The molecule has 1 unspecified atom stereocenters. The van der Waals surface area contributed by atoms with Gasteiger partial charge in [-0.3, -0.25) is 0 Å². The Hall–Kier alpha value is -1.26. The van der Waals surface area contributed by atoms with Gasteiger partial charge in [-0.15, -0.1) is 0 Å². The molecular weight excluding hydrogens is 240 g/mol. The predicted octanol–water partition coefficient (Wildman–Crippen LogP) is 1.57. The van der Waals surface area contributed by atoms with Crippen LogP contribution < -0.4 is 20.5 Å². The van der Waals surface area contributed by atoms with Gasteiger partial charge in [-0.2, -0.15) is 0 Å². The Morgan fingerprint density at radius 1 is 1.21 bits per heavy atom. The Morgan fingerprint density at radius 2 is 1.95 bits per heavy atom. The fraction of sp³-hybridized carbons (Fsp3) is 0.600. The van der Waals surface area contributed by atoms with Gasteiger partial charge >= 0.3 is 0 Å². The lowest BCUT2D eigenvalue weighted by molar-refractivity contribution is 0.171. The van der Waals surface area contributed by atoms with Gasteiger partial charge in [-0.1, -0.05) is 19.9 Å². The molecule has 0 fully saturated rings. The van der Waals surface area contributed by atoms with E-state index in [1.165, 1.54) is 5.56 Å². The summed E-state index contributed by atoms with van der Waals surface area (Å²) in [6.45, 7) is 7.26. The molecule has 0 aromatic heterocycles. The van der Waals surface area contributed by atoms with Gasteiger partial charge in [0.1, 0.15) is 13.2 Å². The maximum Gasteiger partial charge on any atom is 0.161 e. The Labute approximate surface area is 115 Å². The van der Waals surface area contributed by atoms with Crippen molar-refractivity contribution in [3.63, 3.8) is 0 Å². The van der Waals surface area contributed by atoms with E-state index < -0.39 is 0 Å². The molecule has 1 aromatic carbocycles. The highest BCUT2D eigenvalue weighted by Crippen LogP contribution is 2.30. The first-order valence-corrected chi connectivity index (χ1v) is 7.02. The van der Waals surface area contributed by atoms with Crippen LogP contribution in [-0.4, -0.2) is 32.3 Å². The van der Waals surface area contributed by atoms with Crippen LogP contribution in [-0.2, 0) is 6.42 Å². The van der Waals surface area contributed by atoms with Crippen LogP contribution in [0.5, 0.6) is 11.5 Å². The summed E-state index contributed by atoms with van der Waals surface area (Å²) in [6, 6.07) is 6.55. The standard InChI is InChI=1S/C15H24N2O2/c1-11(2)13(10-16)17-6-5-12-3-4-14-15(9-12)19-8-7-18-14/h3-4,9,11,13,17H,5-8,10,16H2,1-2H3. The normalized spacial score (nSPS) is 15.6. The van der Waals surface area contributed by atoms with Crippen molar-refractivity contribution in [2.24, 2.45) is 11.7 Å². The molecule has 4 nitrogen and oxygen atoms in total. The average Bonchev–Trinajstić information content (AvgIpc) is 2.43. The highest BCUT2D eigenvalue weighted by molar-refractivity contribution is 5.43. The van der Waals surface area contributed by atoms with Crippen molar-refractivity contribution in [3.05, 3.63) is 23.8 Å². The quantitative estimate of drug-likeness (QED) is 0.819. The van der Waals surface area contributed by atoms with Crippen molar-refractivity contribution in [3.8, 4) is 11.5 Å². The highest BCUT2D eigenvalue weighted by Gasteiger charge is 2.12. The summed E-state index contributed by atoms with van der Waals surface area (Å²) in [5.74, 6) is 2.28. The third-order valence-electron chi connectivity index (χ3n) is 3.49. The molecular formula is C15H24N2O2. The van der Waals surface area contributed by atoms with E-state index in [-0.39, 0.29) is 0 Å². The molecule has 0 saturated heterocycles. The average molecular weight is 264 g/mol. The van der Waals surface area contributed by atoms with Crippen LogP contribution in [0.4, 0.5) is 0 Å². The summed E-state index contributed by atoms with van der Waals surface area (Å²) in [5.41, 5.74) is 7.01. The molecule has 2 rings (SSSR count). The highest BCUT2D eigenvalue weighted by atomic mass is 16.6. The summed E-state index contributed by atoms with van der Waals surface area (Å²) in [4.78, 5) is 0. The zero-order valence-electron chi connectivity index (χ0n) is 11.8. The van der Waals surface area contributed by atoms with Crippen LogP contribution in [0.3, 0.4) is 0 Å². The van der Waals surface area contributed by atoms with E-state index in [4.69, 9.17) is 15.2 Å². The molecule has 0 aliphatic carbocycles. The SMILES string of the molecule is CC(C)C(CN)NCCc1ccc2c(c1)OCCO2. The summed E-state index contributed by atoms with van der Waals surface area (Å²) in [5, 5.41) is 3.50. The van der Waals surface area contributed by atoms with Gasteiger partial charge in [0.05, 0.1) is 0 Å². The molecule has 4 heteroatoms. The number of fused-ring (bicyclic) bond motifs is 1. The summed E-state index contributed by atoms with van der Waals surface area (Å²) < 4.78 is 11.1. The lowest BCUT2D eigenvalue weighted by Gasteiger charge is -2.21. The van der Waals surface area contributed by atoms with E-state index in [1.54, 1.807) is 0 Å². The van der Waals surface area contributed by atoms with Gasteiger partial charge in [0, 0.05) is 12.6 Å². The summed E-state index contributed by atoms with van der Waals surface area (Å²) in [6.07, 6.45) is 0.972. The lowest BCUT2D eigenvalue weighted by Crippen LogP contribution is -2.41. The molecule has 0 radical (unpaired) electrons. The van der Waals surface area contributed by atoms with Crippen LogP contribution >= 0.6 is 0 Å². The summed E-state index contributed by atoms with van der Waals surface area (Å²) in [7, 11) is 0. The summed E-state index contributed by atoms with van der Waals surface area (Å²) >= 11 is 0. The van der Waals surface area contributed by atoms with Crippen molar-refractivity contribution in [2.45, 2.75) is 26.3 Å². The zero-order valence-corrected chi connectivity index (χ0v) is 11.8. The van der Waals surface area contributed by atoms with Gasteiger partial charge in [0.15, 0.2) is 11.5 Å². The second-order valence-corrected chi connectivity index (χ2v) is 5.27. The fourth-order valence-corrected chi connectivity index (χ4v) is 2.24. The number of rotatable bonds is 6. The van der Waals surface area contributed by atoms with Gasteiger partial charge in [-0.25, -0.2) is 0 Å². The molecule has 1 atom stereocenters. The largest absolute Gasteiger partial charge is 0.486 e. The fourth-order valence-electron chi connectivity index (χ4n) is 2.24. The second kappa shape index (κ2) is 6.78. The number of ether oxygens (including phenoxy) is 2. The molecule has 19 heavy (non-hydrogen) atoms. The second-order valence-electron chi connectivity index (χ2n) is 5.27. The lowest BCUT2D eigenvalue weighted by atomic mass is 10.0. The number of hydrogen-bond acceptors (Lipinski definition) is 4. The third-order valence-corrected chi connectivity index (χ3v) is 3.49. The van der Waals surface area contributed by atoms with Gasteiger partial charge < -0.3 is 20.5 Å². The minimum Gasteiger partial charge on any atom is -0.486 e. The first-order valence-electron chi connectivity index (χ1n) is 7.02. The van der Waals surface area contributed by atoms with Crippen LogP contribution in [0.15, 0.2) is 18.2 Å². The predicted molar refractivity (Wildman–Crippen MR) is 76.8 cm³/mol. The monoisotopic (exact) mass is 264 g/mol. The maximum absolute atomic E-state index is 5.75. The Balaban J connectivity index is 1.86. The van der Waals surface area contributed by atoms with Gasteiger partial charge in [-0.05, 0) is 36.6 Å². The van der Waals surface area contributed by atoms with E-state index >= 15 is 0 Å². The molecule has 106 valence electrons. The van der Waals surface area contributed by atoms with Crippen LogP contribution in [0, 0.1) is 5.92 Å². The van der Waals surface area contributed by atoms with Crippen molar-refractivity contribution >= 4 is 0 Å². The molecule has 1 aliphatic rings. The molecule has 1 heterocycles.